The number of rotatable bonds is 5. The molecule has 0 amide bonds. The highest BCUT2D eigenvalue weighted by Crippen LogP contribution is 2.27. The van der Waals surface area contributed by atoms with Crippen LogP contribution in [0.4, 0.5) is 0 Å². The van der Waals surface area contributed by atoms with E-state index in [-0.39, 0.29) is 5.41 Å². The van der Waals surface area contributed by atoms with Gasteiger partial charge in [-0.25, -0.2) is 9.59 Å². The number of likely N-dealkylation sites (N-methyl/N-ethyl adjacent to an activating group) is 1. The summed E-state index contributed by atoms with van der Waals surface area (Å²) in [6.45, 7) is 15.6. The lowest BCUT2D eigenvalue weighted by molar-refractivity contribution is -0.159. The van der Waals surface area contributed by atoms with Crippen LogP contribution in [-0.4, -0.2) is 78.3 Å². The molecule has 1 fully saturated rings. The topological polar surface area (TPSA) is 90.3 Å². The fourth-order valence-corrected chi connectivity index (χ4v) is 2.82. The van der Waals surface area contributed by atoms with Crippen molar-refractivity contribution in [1.82, 2.24) is 9.80 Å². The van der Waals surface area contributed by atoms with Gasteiger partial charge in [0.25, 0.3) is 0 Å². The Bertz CT molecular complexity index is 635. The van der Waals surface area contributed by atoms with Crippen molar-refractivity contribution in [2.75, 3.05) is 46.4 Å². The highest BCUT2D eigenvalue weighted by atomic mass is 16.5. The van der Waals surface area contributed by atoms with Gasteiger partial charge < -0.3 is 24.7 Å². The Labute approximate surface area is 167 Å². The highest BCUT2D eigenvalue weighted by Gasteiger charge is 2.15. The van der Waals surface area contributed by atoms with Crippen LogP contribution in [0.1, 0.15) is 38.3 Å². The second-order valence-electron chi connectivity index (χ2n) is 8.19. The van der Waals surface area contributed by atoms with E-state index < -0.39 is 11.9 Å². The first-order chi connectivity index (χ1) is 13.0. The molecule has 1 aromatic rings. The van der Waals surface area contributed by atoms with E-state index in [1.54, 1.807) is 0 Å². The molecule has 1 aromatic carbocycles. The number of piperazine rings is 1. The normalized spacial score (nSPS) is 15.5. The van der Waals surface area contributed by atoms with E-state index in [2.05, 4.69) is 62.7 Å². The molecule has 1 aliphatic heterocycles. The van der Waals surface area contributed by atoms with Crippen molar-refractivity contribution in [2.24, 2.45) is 0 Å². The third kappa shape index (κ3) is 8.71. The summed E-state index contributed by atoms with van der Waals surface area (Å²) in [5.41, 5.74) is 2.81. The molecule has 28 heavy (non-hydrogen) atoms. The molecular weight excluding hydrogens is 360 g/mol. The predicted molar refractivity (Wildman–Crippen MR) is 109 cm³/mol. The zero-order chi connectivity index (χ0) is 21.3. The van der Waals surface area contributed by atoms with Crippen molar-refractivity contribution in [1.29, 1.82) is 0 Å². The molecule has 0 radical (unpaired) electrons. The van der Waals surface area contributed by atoms with E-state index in [1.807, 2.05) is 0 Å². The van der Waals surface area contributed by atoms with Gasteiger partial charge in [-0.2, -0.15) is 0 Å². The van der Waals surface area contributed by atoms with Crippen molar-refractivity contribution in [3.63, 3.8) is 0 Å². The molecule has 0 atom stereocenters. The number of carbonyl (C=O) groups is 2. The molecular formula is C21H34N2O5. The summed E-state index contributed by atoms with van der Waals surface area (Å²) in [6, 6.07) is 6.59. The highest BCUT2D eigenvalue weighted by molar-refractivity contribution is 6.27. The number of aliphatic carboxylic acids is 2. The van der Waals surface area contributed by atoms with E-state index in [9.17, 15) is 0 Å². The van der Waals surface area contributed by atoms with Crippen molar-refractivity contribution in [2.45, 2.75) is 39.5 Å². The Morgan fingerprint density at radius 1 is 1.07 bits per heavy atom. The van der Waals surface area contributed by atoms with Gasteiger partial charge in [0, 0.05) is 32.7 Å². The van der Waals surface area contributed by atoms with Crippen LogP contribution in [-0.2, 0) is 15.0 Å². The summed E-state index contributed by atoms with van der Waals surface area (Å²) >= 11 is 0. The number of hydrogen-bond acceptors (Lipinski definition) is 5. The van der Waals surface area contributed by atoms with Crippen LogP contribution in [0.25, 0.3) is 0 Å². The van der Waals surface area contributed by atoms with Crippen LogP contribution in [0.15, 0.2) is 18.2 Å². The van der Waals surface area contributed by atoms with Crippen molar-refractivity contribution in [3.05, 3.63) is 29.3 Å². The number of aryl methyl sites for hydroxylation is 1. The molecule has 2 N–H and O–H groups in total. The minimum atomic E-state index is -1.82. The molecule has 0 saturated carbocycles. The molecule has 0 aromatic heterocycles. The van der Waals surface area contributed by atoms with Crippen molar-refractivity contribution in [3.8, 4) is 5.75 Å². The van der Waals surface area contributed by atoms with Crippen LogP contribution >= 0.6 is 0 Å². The third-order valence-electron chi connectivity index (χ3n) is 4.70. The number of nitrogens with zero attached hydrogens (tertiary/aromatic N) is 2. The van der Waals surface area contributed by atoms with Gasteiger partial charge in [-0.3, -0.25) is 0 Å². The number of benzene rings is 1. The molecule has 1 saturated heterocycles. The monoisotopic (exact) mass is 394 g/mol. The van der Waals surface area contributed by atoms with E-state index in [0.717, 1.165) is 25.3 Å². The fraction of sp³-hybridized carbons (Fsp3) is 0.619. The van der Waals surface area contributed by atoms with E-state index in [1.165, 1.54) is 37.3 Å². The zero-order valence-corrected chi connectivity index (χ0v) is 17.7. The Kier molecular flexibility index (Phi) is 9.41. The molecule has 2 rings (SSSR count). The molecule has 0 spiro atoms. The molecule has 0 bridgehead atoms. The largest absolute Gasteiger partial charge is 0.493 e. The lowest BCUT2D eigenvalue weighted by Crippen LogP contribution is -2.44. The number of carboxylic acid groups (broad SMARTS) is 2. The van der Waals surface area contributed by atoms with Gasteiger partial charge in [-0.05, 0) is 43.0 Å². The molecule has 7 nitrogen and oxygen atoms in total. The molecule has 158 valence electrons. The first kappa shape index (κ1) is 23.9. The van der Waals surface area contributed by atoms with Gasteiger partial charge in [0.05, 0.1) is 6.61 Å². The number of ether oxygens (including phenoxy) is 1. The average molecular weight is 395 g/mol. The smallest absolute Gasteiger partial charge is 0.414 e. The van der Waals surface area contributed by atoms with E-state index in [0.29, 0.717) is 0 Å². The lowest BCUT2D eigenvalue weighted by Gasteiger charge is -2.32. The van der Waals surface area contributed by atoms with Gasteiger partial charge in [0.15, 0.2) is 0 Å². The Balaban J connectivity index is 0.000000568. The number of carboxylic acids is 2. The predicted octanol–water partition coefficient (Wildman–Crippen LogP) is 2.46. The summed E-state index contributed by atoms with van der Waals surface area (Å²) in [7, 11) is 2.20. The molecule has 1 aliphatic rings. The second kappa shape index (κ2) is 11.0. The van der Waals surface area contributed by atoms with Crippen LogP contribution in [0.2, 0.25) is 0 Å². The maximum Gasteiger partial charge on any atom is 0.414 e. The first-order valence-electron chi connectivity index (χ1n) is 9.61. The van der Waals surface area contributed by atoms with Crippen LogP contribution in [0, 0.1) is 6.92 Å². The summed E-state index contributed by atoms with van der Waals surface area (Å²) in [4.78, 5) is 23.1. The molecule has 0 aliphatic carbocycles. The van der Waals surface area contributed by atoms with Gasteiger partial charge in [-0.1, -0.05) is 32.9 Å². The second-order valence-corrected chi connectivity index (χ2v) is 8.19. The van der Waals surface area contributed by atoms with Crippen molar-refractivity contribution >= 4 is 11.9 Å². The minimum Gasteiger partial charge on any atom is -0.493 e. The molecule has 0 unspecified atom stereocenters. The van der Waals surface area contributed by atoms with Gasteiger partial charge >= 0.3 is 11.9 Å². The number of hydrogen-bond donors (Lipinski definition) is 2. The maximum absolute atomic E-state index is 9.10. The Morgan fingerprint density at radius 2 is 1.64 bits per heavy atom. The fourth-order valence-electron chi connectivity index (χ4n) is 2.82. The van der Waals surface area contributed by atoms with Crippen molar-refractivity contribution < 1.29 is 24.5 Å². The first-order valence-corrected chi connectivity index (χ1v) is 9.61. The van der Waals surface area contributed by atoms with Crippen LogP contribution < -0.4 is 4.74 Å². The average Bonchev–Trinajstić information content (AvgIpc) is 2.61. The SMILES string of the molecule is Cc1cc(C(C)(C)C)ccc1OCCCN1CCN(C)CC1.O=C(O)C(=O)O. The quantitative estimate of drug-likeness (QED) is 0.586. The Hall–Kier alpha value is -2.12. The summed E-state index contributed by atoms with van der Waals surface area (Å²) in [5, 5.41) is 14.8. The lowest BCUT2D eigenvalue weighted by atomic mass is 9.86. The van der Waals surface area contributed by atoms with Gasteiger partial charge in [0.2, 0.25) is 0 Å². The summed E-state index contributed by atoms with van der Waals surface area (Å²) in [5.74, 6) is -2.61. The summed E-state index contributed by atoms with van der Waals surface area (Å²) in [6.07, 6.45) is 1.10. The summed E-state index contributed by atoms with van der Waals surface area (Å²) < 4.78 is 5.98. The van der Waals surface area contributed by atoms with Gasteiger partial charge in [-0.15, -0.1) is 0 Å². The third-order valence-corrected chi connectivity index (χ3v) is 4.70. The van der Waals surface area contributed by atoms with Gasteiger partial charge in [0.1, 0.15) is 5.75 Å². The maximum atomic E-state index is 9.10. The van der Waals surface area contributed by atoms with Crippen LogP contribution in [0.3, 0.4) is 0 Å². The van der Waals surface area contributed by atoms with E-state index >= 15 is 0 Å². The van der Waals surface area contributed by atoms with Crippen LogP contribution in [0.5, 0.6) is 5.75 Å². The minimum absolute atomic E-state index is 0.199. The zero-order valence-electron chi connectivity index (χ0n) is 17.7. The standard InChI is InChI=1S/C19H32N2O.C2H2O4/c1-16-15-17(19(2,3)4)7-8-18(16)22-14-6-9-21-12-10-20(5)11-13-21;3-1(4)2(5)6/h7-8,15H,6,9-14H2,1-5H3;(H,3,4)(H,5,6). The Morgan fingerprint density at radius 3 is 2.11 bits per heavy atom. The van der Waals surface area contributed by atoms with E-state index in [4.69, 9.17) is 24.5 Å². The molecule has 1 heterocycles. The molecule has 7 heteroatoms.